The second kappa shape index (κ2) is 6.88. The Balaban J connectivity index is 1.87. The summed E-state index contributed by atoms with van der Waals surface area (Å²) in [4.78, 5) is 20.4. The number of primary amides is 1. The lowest BCUT2D eigenvalue weighted by Gasteiger charge is -2.26. The second-order valence-corrected chi connectivity index (χ2v) is 7.15. The van der Waals surface area contributed by atoms with E-state index in [2.05, 4.69) is 16.4 Å². The number of nitrogens with one attached hydrogen (secondary N) is 1. The first-order chi connectivity index (χ1) is 13.4. The van der Waals surface area contributed by atoms with Crippen LogP contribution in [0.5, 0.6) is 0 Å². The molecule has 1 atom stereocenters. The zero-order chi connectivity index (χ0) is 19.9. The van der Waals surface area contributed by atoms with Gasteiger partial charge in [-0.05, 0) is 30.7 Å². The number of hydrogen-bond donors (Lipinski definition) is 2. The molecule has 2 amide bonds. The number of aromatic nitrogens is 3. The van der Waals surface area contributed by atoms with Crippen molar-refractivity contribution >= 4 is 22.8 Å². The van der Waals surface area contributed by atoms with Crippen molar-refractivity contribution < 1.29 is 14.3 Å². The van der Waals surface area contributed by atoms with Gasteiger partial charge in [0.05, 0.1) is 29.7 Å². The first-order valence-corrected chi connectivity index (χ1v) is 9.06. The molecule has 0 saturated carbocycles. The Bertz CT molecular complexity index is 1050. The molecule has 3 N–H and O–H groups in total. The fourth-order valence-corrected chi connectivity index (χ4v) is 3.73. The van der Waals surface area contributed by atoms with E-state index in [4.69, 9.17) is 20.2 Å². The summed E-state index contributed by atoms with van der Waals surface area (Å²) in [5, 5.41) is 3.46. The van der Waals surface area contributed by atoms with Crippen molar-refractivity contribution in [3.63, 3.8) is 0 Å². The van der Waals surface area contributed by atoms with Crippen LogP contribution < -0.4 is 11.1 Å². The van der Waals surface area contributed by atoms with Crippen molar-refractivity contribution in [1.82, 2.24) is 14.5 Å². The average molecular weight is 381 g/mol. The van der Waals surface area contributed by atoms with Gasteiger partial charge in [-0.2, -0.15) is 0 Å². The molecule has 8 nitrogen and oxygen atoms in total. The van der Waals surface area contributed by atoms with Gasteiger partial charge in [-0.1, -0.05) is 0 Å². The van der Waals surface area contributed by atoms with E-state index in [-0.39, 0.29) is 0 Å². The number of fused-ring (bicyclic) bond motifs is 1. The highest BCUT2D eigenvalue weighted by molar-refractivity contribution is 5.98. The van der Waals surface area contributed by atoms with Crippen LogP contribution in [0.1, 0.15) is 17.7 Å². The van der Waals surface area contributed by atoms with Gasteiger partial charge in [0.1, 0.15) is 11.4 Å². The molecule has 3 aromatic rings. The molecule has 3 aromatic heterocycles. The lowest BCUT2D eigenvalue weighted by molar-refractivity contribution is -0.0245. The van der Waals surface area contributed by atoms with Crippen LogP contribution in [-0.4, -0.2) is 40.9 Å². The molecule has 1 aliphatic rings. The van der Waals surface area contributed by atoms with E-state index in [0.29, 0.717) is 19.0 Å². The first kappa shape index (κ1) is 18.4. The third-order valence-electron chi connectivity index (χ3n) is 5.22. The van der Waals surface area contributed by atoms with Crippen molar-refractivity contribution in [3.8, 4) is 11.3 Å². The normalized spacial score (nSPS) is 19.2. The van der Waals surface area contributed by atoms with E-state index in [1.807, 2.05) is 36.9 Å². The molecule has 28 heavy (non-hydrogen) atoms. The van der Waals surface area contributed by atoms with Gasteiger partial charge in [-0.3, -0.25) is 5.32 Å². The maximum Gasteiger partial charge on any atom is 0.317 e. The molecule has 1 saturated heterocycles. The van der Waals surface area contributed by atoms with Gasteiger partial charge < -0.3 is 19.8 Å². The maximum absolute atomic E-state index is 11.2. The molecule has 1 fully saturated rings. The van der Waals surface area contributed by atoms with Crippen LogP contribution in [0.4, 0.5) is 10.6 Å². The van der Waals surface area contributed by atoms with Crippen LogP contribution in [-0.2, 0) is 22.1 Å². The number of ether oxygens (including phenoxy) is 2. The molecule has 0 unspecified atom stereocenters. The number of nitrogens with zero attached hydrogens (tertiary/aromatic N) is 3. The summed E-state index contributed by atoms with van der Waals surface area (Å²) in [6.07, 6.45) is 4.49. The summed E-state index contributed by atoms with van der Waals surface area (Å²) in [7, 11) is 3.65. The highest BCUT2D eigenvalue weighted by atomic mass is 16.5. The van der Waals surface area contributed by atoms with Gasteiger partial charge in [0, 0.05) is 44.3 Å². The second-order valence-electron chi connectivity index (χ2n) is 7.15. The first-order valence-electron chi connectivity index (χ1n) is 9.06. The number of urea groups is 1. The fraction of sp³-hybridized carbons (Fsp3) is 0.350. The smallest absolute Gasteiger partial charge is 0.317 e. The Hall–Kier alpha value is -2.97. The molecule has 0 radical (unpaired) electrons. The molecular formula is C20H23N5O3. The summed E-state index contributed by atoms with van der Waals surface area (Å²) in [5.74, 6) is 0.401. The van der Waals surface area contributed by atoms with E-state index in [0.717, 1.165) is 39.8 Å². The minimum absolute atomic E-state index is 0.401. The number of carbonyl (C=O) groups excluding carboxylic acids is 1. The molecule has 0 spiro atoms. The standard InChI is InChI=1S/C20H23N5O3/c1-12-6-15(23-17(7-12)20(27-3)4-5-28-11-20)14-10-25(2)16-9-22-18(8-13(14)16)24-19(21)26/h6-10H,4-5,11H2,1-3H3,(H3,21,22,24,26)/t20-/m0/s1. The van der Waals surface area contributed by atoms with Crippen molar-refractivity contribution in [2.75, 3.05) is 25.6 Å². The van der Waals surface area contributed by atoms with Crippen molar-refractivity contribution in [2.24, 2.45) is 12.8 Å². The van der Waals surface area contributed by atoms with E-state index in [1.165, 1.54) is 0 Å². The number of carbonyl (C=O) groups is 1. The Labute approximate surface area is 162 Å². The highest BCUT2D eigenvalue weighted by Crippen LogP contribution is 2.36. The number of anilines is 1. The minimum Gasteiger partial charge on any atom is -0.378 e. The minimum atomic E-state index is -0.649. The summed E-state index contributed by atoms with van der Waals surface area (Å²) in [6, 6.07) is 5.25. The predicted octanol–water partition coefficient (Wildman–Crippen LogP) is 2.70. The van der Waals surface area contributed by atoms with Crippen LogP contribution in [0.2, 0.25) is 0 Å². The van der Waals surface area contributed by atoms with Crippen LogP contribution >= 0.6 is 0 Å². The number of rotatable bonds is 4. The molecule has 0 bridgehead atoms. The number of amides is 2. The van der Waals surface area contributed by atoms with Crippen LogP contribution in [0.3, 0.4) is 0 Å². The van der Waals surface area contributed by atoms with Crippen molar-refractivity contribution in [1.29, 1.82) is 0 Å². The van der Waals surface area contributed by atoms with Crippen molar-refractivity contribution in [2.45, 2.75) is 18.9 Å². The largest absolute Gasteiger partial charge is 0.378 e. The summed E-state index contributed by atoms with van der Waals surface area (Å²) < 4.78 is 13.4. The number of hydrogen-bond acceptors (Lipinski definition) is 5. The quantitative estimate of drug-likeness (QED) is 0.723. The van der Waals surface area contributed by atoms with Gasteiger partial charge in [0.25, 0.3) is 0 Å². The lowest BCUT2D eigenvalue weighted by Crippen LogP contribution is -2.30. The highest BCUT2D eigenvalue weighted by Gasteiger charge is 2.38. The Morgan fingerprint density at radius 1 is 1.39 bits per heavy atom. The van der Waals surface area contributed by atoms with Gasteiger partial charge >= 0.3 is 6.03 Å². The topological polar surface area (TPSA) is 104 Å². The molecule has 8 heteroatoms. The van der Waals surface area contributed by atoms with Crippen LogP contribution in [0.25, 0.3) is 22.2 Å². The molecule has 4 heterocycles. The Kier molecular flexibility index (Phi) is 4.52. The van der Waals surface area contributed by atoms with Gasteiger partial charge in [-0.25, -0.2) is 14.8 Å². The molecule has 4 rings (SSSR count). The van der Waals surface area contributed by atoms with E-state index in [9.17, 15) is 4.79 Å². The van der Waals surface area contributed by atoms with Crippen molar-refractivity contribution in [3.05, 3.63) is 41.9 Å². The zero-order valence-electron chi connectivity index (χ0n) is 16.2. The SMILES string of the molecule is CO[C@@]1(c2cc(C)cc(-c3cn(C)c4cnc(NC(N)=O)cc34)n2)CCOC1. The predicted molar refractivity (Wildman–Crippen MR) is 106 cm³/mol. The number of aryl methyl sites for hydroxylation is 2. The van der Waals surface area contributed by atoms with Crippen LogP contribution in [0, 0.1) is 6.92 Å². The fourth-order valence-electron chi connectivity index (χ4n) is 3.73. The molecule has 146 valence electrons. The van der Waals surface area contributed by atoms with E-state index >= 15 is 0 Å². The summed E-state index contributed by atoms with van der Waals surface area (Å²) in [5.41, 5.74) is 9.37. The molecule has 1 aliphatic heterocycles. The van der Waals surface area contributed by atoms with Gasteiger partial charge in [0.2, 0.25) is 0 Å². The lowest BCUT2D eigenvalue weighted by atomic mass is 9.95. The zero-order valence-corrected chi connectivity index (χ0v) is 16.2. The average Bonchev–Trinajstić information content (AvgIpc) is 3.26. The third kappa shape index (κ3) is 3.10. The van der Waals surface area contributed by atoms with Crippen LogP contribution in [0.15, 0.2) is 30.6 Å². The summed E-state index contributed by atoms with van der Waals surface area (Å²) in [6.45, 7) is 3.19. The third-order valence-corrected chi connectivity index (χ3v) is 5.22. The van der Waals surface area contributed by atoms with Gasteiger partial charge in [0.15, 0.2) is 0 Å². The number of pyridine rings is 2. The molecule has 0 aromatic carbocycles. The molecule has 0 aliphatic carbocycles. The van der Waals surface area contributed by atoms with E-state index in [1.54, 1.807) is 13.3 Å². The van der Waals surface area contributed by atoms with Gasteiger partial charge in [-0.15, -0.1) is 0 Å². The maximum atomic E-state index is 11.2. The molecular weight excluding hydrogens is 358 g/mol. The Morgan fingerprint density at radius 2 is 2.21 bits per heavy atom. The number of methoxy groups -OCH3 is 1. The van der Waals surface area contributed by atoms with E-state index < -0.39 is 11.6 Å². The number of nitrogens with two attached hydrogens (primary N) is 1. The monoisotopic (exact) mass is 381 g/mol. The summed E-state index contributed by atoms with van der Waals surface area (Å²) >= 11 is 0. The Morgan fingerprint density at radius 3 is 2.89 bits per heavy atom.